The van der Waals surface area contributed by atoms with E-state index in [0.717, 1.165) is 5.56 Å². The first-order chi connectivity index (χ1) is 12.0. The molecule has 0 aromatic heterocycles. The van der Waals surface area contributed by atoms with E-state index < -0.39 is 10.9 Å². The van der Waals surface area contributed by atoms with Crippen LogP contribution in [0.3, 0.4) is 0 Å². The number of benzene rings is 2. The number of aryl methyl sites for hydroxylation is 1. The summed E-state index contributed by atoms with van der Waals surface area (Å²) in [6.07, 6.45) is 0.667. The average Bonchev–Trinajstić information content (AvgIpc) is 2.61. The molecule has 0 unspecified atom stereocenters. The molecule has 6 heteroatoms. The van der Waals surface area contributed by atoms with Crippen LogP contribution in [0, 0.1) is 10.1 Å². The number of hydrogen-bond acceptors (Lipinski definition) is 5. The minimum Gasteiger partial charge on any atom is -0.511 e. The molecule has 2 aromatic carbocycles. The highest BCUT2D eigenvalue weighted by Gasteiger charge is 2.26. The Morgan fingerprint density at radius 1 is 1.12 bits per heavy atom. The summed E-state index contributed by atoms with van der Waals surface area (Å²) in [5, 5.41) is 21.7. The summed E-state index contributed by atoms with van der Waals surface area (Å²) in [6.45, 7) is 1.74. The van der Waals surface area contributed by atoms with Gasteiger partial charge in [0.05, 0.1) is 17.1 Å². The maximum absolute atomic E-state index is 12.3. The SMILES string of the molecule is CCOC(=O)/C(=C(/O)CCc1ccccc1)c1ccccc1[N+](=O)[O-]. The van der Waals surface area contributed by atoms with Crippen LogP contribution in [0.25, 0.3) is 5.57 Å². The molecular weight excluding hydrogens is 322 g/mol. The molecule has 0 saturated carbocycles. The van der Waals surface area contributed by atoms with Gasteiger partial charge in [0.1, 0.15) is 11.3 Å². The van der Waals surface area contributed by atoms with Gasteiger partial charge in [-0.2, -0.15) is 0 Å². The van der Waals surface area contributed by atoms with Gasteiger partial charge in [-0.25, -0.2) is 4.79 Å². The molecule has 2 rings (SSSR count). The first-order valence-corrected chi connectivity index (χ1v) is 7.91. The van der Waals surface area contributed by atoms with Gasteiger partial charge in [-0.3, -0.25) is 10.1 Å². The third-order valence-corrected chi connectivity index (χ3v) is 3.63. The fourth-order valence-corrected chi connectivity index (χ4v) is 2.46. The third kappa shape index (κ3) is 4.67. The topological polar surface area (TPSA) is 89.7 Å². The normalized spacial score (nSPS) is 11.6. The van der Waals surface area contributed by atoms with Gasteiger partial charge >= 0.3 is 5.97 Å². The largest absolute Gasteiger partial charge is 0.511 e. The van der Waals surface area contributed by atoms with Crippen molar-refractivity contribution >= 4 is 17.2 Å². The maximum Gasteiger partial charge on any atom is 0.342 e. The van der Waals surface area contributed by atoms with Gasteiger partial charge in [-0.15, -0.1) is 0 Å². The zero-order chi connectivity index (χ0) is 18.2. The molecule has 25 heavy (non-hydrogen) atoms. The molecule has 130 valence electrons. The zero-order valence-corrected chi connectivity index (χ0v) is 13.8. The van der Waals surface area contributed by atoms with Crippen molar-refractivity contribution in [1.82, 2.24) is 0 Å². The van der Waals surface area contributed by atoms with E-state index in [0.29, 0.717) is 6.42 Å². The quantitative estimate of drug-likeness (QED) is 0.270. The number of nitro benzene ring substituents is 1. The third-order valence-electron chi connectivity index (χ3n) is 3.63. The van der Waals surface area contributed by atoms with E-state index in [1.165, 1.54) is 18.2 Å². The Bertz CT molecular complexity index is 783. The highest BCUT2D eigenvalue weighted by atomic mass is 16.6. The predicted octanol–water partition coefficient (Wildman–Crippen LogP) is 4.06. The van der Waals surface area contributed by atoms with E-state index in [4.69, 9.17) is 4.74 Å². The first-order valence-electron chi connectivity index (χ1n) is 7.91. The van der Waals surface area contributed by atoms with Crippen LogP contribution in [0.2, 0.25) is 0 Å². The molecule has 6 nitrogen and oxygen atoms in total. The van der Waals surface area contributed by atoms with Gasteiger partial charge in [0.2, 0.25) is 0 Å². The lowest BCUT2D eigenvalue weighted by molar-refractivity contribution is -0.385. The van der Waals surface area contributed by atoms with Crippen molar-refractivity contribution in [3.63, 3.8) is 0 Å². The van der Waals surface area contributed by atoms with Crippen LogP contribution in [-0.4, -0.2) is 22.6 Å². The van der Waals surface area contributed by atoms with Crippen molar-refractivity contribution in [2.75, 3.05) is 6.61 Å². The fourth-order valence-electron chi connectivity index (χ4n) is 2.46. The van der Waals surface area contributed by atoms with E-state index in [1.807, 2.05) is 30.3 Å². The molecule has 0 spiro atoms. The summed E-state index contributed by atoms with van der Waals surface area (Å²) in [6, 6.07) is 15.3. The Hall–Kier alpha value is -3.15. The summed E-state index contributed by atoms with van der Waals surface area (Å²) in [4.78, 5) is 23.0. The molecule has 0 radical (unpaired) electrons. The number of esters is 1. The average molecular weight is 341 g/mol. The second-order valence-electron chi connectivity index (χ2n) is 5.30. The molecule has 0 heterocycles. The summed E-state index contributed by atoms with van der Waals surface area (Å²) < 4.78 is 4.99. The number of hydrogen-bond donors (Lipinski definition) is 1. The van der Waals surface area contributed by atoms with Crippen LogP contribution in [0.1, 0.15) is 24.5 Å². The van der Waals surface area contributed by atoms with Gasteiger partial charge in [-0.1, -0.05) is 42.5 Å². The van der Waals surface area contributed by atoms with Crippen molar-refractivity contribution in [3.8, 4) is 0 Å². The van der Waals surface area contributed by atoms with Crippen molar-refractivity contribution in [2.45, 2.75) is 19.8 Å². The predicted molar refractivity (Wildman–Crippen MR) is 94.0 cm³/mol. The van der Waals surface area contributed by atoms with Gasteiger partial charge in [0, 0.05) is 12.5 Å². The molecule has 0 aliphatic heterocycles. The number of aliphatic hydroxyl groups is 1. The molecule has 0 fully saturated rings. The number of ether oxygens (including phenoxy) is 1. The summed E-state index contributed by atoms with van der Waals surface area (Å²) in [5.74, 6) is -1.00. The number of carbonyl (C=O) groups excluding carboxylic acids is 1. The lowest BCUT2D eigenvalue weighted by Gasteiger charge is -2.11. The van der Waals surface area contributed by atoms with Crippen LogP contribution < -0.4 is 0 Å². The standard InChI is InChI=1S/C19H19NO5/c1-2-25-19(22)18(15-10-6-7-11-16(15)20(23)24)17(21)13-12-14-8-4-3-5-9-14/h3-11,21H,2,12-13H2,1H3/b18-17+. The van der Waals surface area contributed by atoms with Gasteiger partial charge in [-0.05, 0) is 25.0 Å². The number of nitro groups is 1. The van der Waals surface area contributed by atoms with Crippen molar-refractivity contribution in [2.24, 2.45) is 0 Å². The smallest absolute Gasteiger partial charge is 0.342 e. The van der Waals surface area contributed by atoms with E-state index in [-0.39, 0.29) is 35.6 Å². The Morgan fingerprint density at radius 3 is 2.40 bits per heavy atom. The number of para-hydroxylation sites is 1. The number of allylic oxidation sites excluding steroid dienone is 1. The zero-order valence-electron chi connectivity index (χ0n) is 13.8. The Balaban J connectivity index is 2.41. The van der Waals surface area contributed by atoms with Crippen molar-refractivity contribution in [3.05, 3.63) is 81.6 Å². The lowest BCUT2D eigenvalue weighted by atomic mass is 9.99. The minimum absolute atomic E-state index is 0.0523. The maximum atomic E-state index is 12.3. The fraction of sp³-hybridized carbons (Fsp3) is 0.211. The minimum atomic E-state index is -0.776. The Labute approximate surface area is 145 Å². The van der Waals surface area contributed by atoms with Crippen LogP contribution in [-0.2, 0) is 16.0 Å². The summed E-state index contributed by atoms with van der Waals surface area (Å²) in [5.41, 5.74) is 0.623. The van der Waals surface area contributed by atoms with Crippen molar-refractivity contribution < 1.29 is 19.6 Å². The second-order valence-corrected chi connectivity index (χ2v) is 5.30. The van der Waals surface area contributed by atoms with E-state index in [9.17, 15) is 20.0 Å². The first kappa shape index (κ1) is 18.2. The molecular formula is C19H19NO5. The highest BCUT2D eigenvalue weighted by Crippen LogP contribution is 2.30. The summed E-state index contributed by atoms with van der Waals surface area (Å²) >= 11 is 0. The van der Waals surface area contributed by atoms with Crippen LogP contribution in [0.5, 0.6) is 0 Å². The summed E-state index contributed by atoms with van der Waals surface area (Å²) in [7, 11) is 0. The van der Waals surface area contributed by atoms with Crippen LogP contribution >= 0.6 is 0 Å². The van der Waals surface area contributed by atoms with Gasteiger partial charge in [0.25, 0.3) is 5.69 Å². The second kappa shape index (κ2) is 8.63. The molecule has 1 N–H and O–H groups in total. The molecule has 0 saturated heterocycles. The van der Waals surface area contributed by atoms with E-state index >= 15 is 0 Å². The van der Waals surface area contributed by atoms with Gasteiger partial charge < -0.3 is 9.84 Å². The Morgan fingerprint density at radius 2 is 1.76 bits per heavy atom. The number of nitrogens with zero attached hydrogens (tertiary/aromatic N) is 1. The molecule has 0 atom stereocenters. The lowest BCUT2D eigenvalue weighted by Crippen LogP contribution is -2.11. The number of aliphatic hydroxyl groups excluding tert-OH is 1. The monoisotopic (exact) mass is 341 g/mol. The van der Waals surface area contributed by atoms with Crippen LogP contribution in [0.15, 0.2) is 60.4 Å². The number of carbonyl (C=O) groups is 1. The van der Waals surface area contributed by atoms with Gasteiger partial charge in [0.15, 0.2) is 0 Å². The molecule has 2 aromatic rings. The molecule has 0 aliphatic carbocycles. The van der Waals surface area contributed by atoms with Crippen molar-refractivity contribution in [1.29, 1.82) is 0 Å². The number of rotatable bonds is 7. The molecule has 0 bridgehead atoms. The Kier molecular flexibility index (Phi) is 6.28. The van der Waals surface area contributed by atoms with E-state index in [1.54, 1.807) is 13.0 Å². The van der Waals surface area contributed by atoms with E-state index in [2.05, 4.69) is 0 Å². The highest BCUT2D eigenvalue weighted by molar-refractivity contribution is 6.18. The van der Waals surface area contributed by atoms with Crippen LogP contribution in [0.4, 0.5) is 5.69 Å². The molecule has 0 aliphatic rings. The molecule has 0 amide bonds.